The van der Waals surface area contributed by atoms with E-state index in [2.05, 4.69) is 40.9 Å². The third-order valence-electron chi connectivity index (χ3n) is 9.13. The van der Waals surface area contributed by atoms with Crippen LogP contribution in [0.15, 0.2) is 42.5 Å². The van der Waals surface area contributed by atoms with Gasteiger partial charge in [0, 0.05) is 43.4 Å². The molecule has 0 spiro atoms. The van der Waals surface area contributed by atoms with E-state index in [1.807, 2.05) is 30.7 Å². The smallest absolute Gasteiger partial charge is 0.408 e. The number of phenolic OH excluding ortho intramolecular Hbond substituents is 1. The number of likely N-dealkylation sites (N-methyl/N-ethyl adjacent to an activating group) is 1. The SMILES string of the molecule is CN1CC=C(c2nn3c4cc(ccc24)-c2cc(O)cc(c2)C[C@H](NC(=O)OC(C)(C)C)C(=O)N2CCC[C@H](N2)C(=O)OCC(C)(C)C3)CC1. The van der Waals surface area contributed by atoms with Gasteiger partial charge in [0.15, 0.2) is 0 Å². The van der Waals surface area contributed by atoms with Crippen molar-refractivity contribution in [2.75, 3.05) is 33.3 Å². The summed E-state index contributed by atoms with van der Waals surface area (Å²) in [6, 6.07) is 9.63. The molecular formula is C37H48N6O6. The second-order valence-electron chi connectivity index (χ2n) is 15.4. The lowest BCUT2D eigenvalue weighted by atomic mass is 9.94. The Bertz CT molecular complexity index is 1790. The number of aromatic hydroxyl groups is 1. The molecule has 2 atom stereocenters. The molecule has 1 aromatic heterocycles. The fourth-order valence-electron chi connectivity index (χ4n) is 6.66. The van der Waals surface area contributed by atoms with Gasteiger partial charge in [0.25, 0.3) is 5.91 Å². The van der Waals surface area contributed by atoms with Crippen LogP contribution in [0.1, 0.15) is 65.1 Å². The first-order valence-corrected chi connectivity index (χ1v) is 17.1. The summed E-state index contributed by atoms with van der Waals surface area (Å²) >= 11 is 0. The average molecular weight is 673 g/mol. The molecule has 6 bridgehead atoms. The number of hydrogen-bond donors (Lipinski definition) is 3. The van der Waals surface area contributed by atoms with Crippen molar-refractivity contribution in [3.63, 3.8) is 0 Å². The van der Waals surface area contributed by atoms with Crippen LogP contribution in [-0.2, 0) is 32.0 Å². The number of carbonyl (C=O) groups is 3. The van der Waals surface area contributed by atoms with Gasteiger partial charge in [-0.15, -0.1) is 0 Å². The molecule has 49 heavy (non-hydrogen) atoms. The summed E-state index contributed by atoms with van der Waals surface area (Å²) in [6.45, 7) is 12.1. The monoisotopic (exact) mass is 672 g/mol. The number of amides is 2. The van der Waals surface area contributed by atoms with E-state index in [1.54, 1.807) is 32.9 Å². The predicted molar refractivity (Wildman–Crippen MR) is 186 cm³/mol. The lowest BCUT2D eigenvalue weighted by molar-refractivity contribution is -0.155. The molecular weight excluding hydrogens is 624 g/mol. The van der Waals surface area contributed by atoms with Gasteiger partial charge in [-0.3, -0.25) is 19.3 Å². The van der Waals surface area contributed by atoms with Crippen molar-refractivity contribution in [1.29, 1.82) is 0 Å². The van der Waals surface area contributed by atoms with Gasteiger partial charge in [-0.05, 0) is 93.6 Å². The summed E-state index contributed by atoms with van der Waals surface area (Å²) in [5, 5.41) is 21.2. The van der Waals surface area contributed by atoms with Gasteiger partial charge in [0.05, 0.1) is 17.8 Å². The highest BCUT2D eigenvalue weighted by atomic mass is 16.6. The Hall–Kier alpha value is -4.42. The standard InChI is InChI=1S/C37H48N6O6/c1-36(2,3)49-35(47)38-30-18-23-16-26(19-27(44)17-23)25-9-10-28-31(20-25)43(40-32(28)24-11-14-41(6)15-12-24)21-37(4,5)22-48-34(46)29-8-7-13-42(39-29)33(30)45/h9-11,16-17,19-20,29-30,39,44H,7-8,12-15,18,21-22H2,1-6H3,(H,38,47)/t29-,30-/m0/s1. The lowest BCUT2D eigenvalue weighted by Crippen LogP contribution is -2.60. The first-order valence-electron chi connectivity index (χ1n) is 17.1. The van der Waals surface area contributed by atoms with Gasteiger partial charge < -0.3 is 24.8 Å². The molecule has 262 valence electrons. The van der Waals surface area contributed by atoms with Gasteiger partial charge in [0.1, 0.15) is 23.4 Å². The highest BCUT2D eigenvalue weighted by Gasteiger charge is 2.35. The number of nitrogens with one attached hydrogen (secondary N) is 2. The molecule has 12 heteroatoms. The number of ether oxygens (including phenoxy) is 2. The Kier molecular flexibility index (Phi) is 9.47. The molecule has 3 aromatic rings. The molecule has 0 saturated carbocycles. The van der Waals surface area contributed by atoms with Crippen LogP contribution in [0.4, 0.5) is 4.79 Å². The summed E-state index contributed by atoms with van der Waals surface area (Å²) < 4.78 is 13.4. The lowest BCUT2D eigenvalue weighted by Gasteiger charge is -2.35. The van der Waals surface area contributed by atoms with E-state index in [0.717, 1.165) is 47.2 Å². The highest BCUT2D eigenvalue weighted by Crippen LogP contribution is 2.35. The quantitative estimate of drug-likeness (QED) is 0.333. The van der Waals surface area contributed by atoms with E-state index in [9.17, 15) is 19.5 Å². The maximum atomic E-state index is 14.0. The molecule has 3 aliphatic rings. The number of alkyl carbamates (subject to hydrolysis) is 1. The maximum absolute atomic E-state index is 14.0. The Morgan fingerprint density at radius 1 is 1.12 bits per heavy atom. The zero-order valence-electron chi connectivity index (χ0n) is 29.3. The normalized spacial score (nSPS) is 22.2. The summed E-state index contributed by atoms with van der Waals surface area (Å²) in [6.07, 6.45) is 3.55. The zero-order valence-corrected chi connectivity index (χ0v) is 29.3. The van der Waals surface area contributed by atoms with Crippen molar-refractivity contribution in [2.24, 2.45) is 5.41 Å². The minimum Gasteiger partial charge on any atom is -0.508 e. The number of carbonyl (C=O) groups excluding carboxylic acids is 3. The Balaban J connectivity index is 1.44. The van der Waals surface area contributed by atoms with Crippen molar-refractivity contribution in [3.8, 4) is 16.9 Å². The molecule has 2 aromatic carbocycles. The van der Waals surface area contributed by atoms with Crippen LogP contribution in [0.3, 0.4) is 0 Å². The summed E-state index contributed by atoms with van der Waals surface area (Å²) in [5.74, 6) is -0.822. The van der Waals surface area contributed by atoms with Crippen LogP contribution < -0.4 is 10.7 Å². The molecule has 4 heterocycles. The van der Waals surface area contributed by atoms with Crippen molar-refractivity contribution >= 4 is 34.4 Å². The van der Waals surface area contributed by atoms with E-state index in [0.29, 0.717) is 31.5 Å². The second kappa shape index (κ2) is 13.5. The van der Waals surface area contributed by atoms with Crippen molar-refractivity contribution in [2.45, 2.75) is 84.5 Å². The molecule has 3 N–H and O–H groups in total. The molecule has 0 unspecified atom stereocenters. The third-order valence-corrected chi connectivity index (χ3v) is 9.13. The predicted octanol–water partition coefficient (Wildman–Crippen LogP) is 4.64. The number of rotatable bonds is 2. The van der Waals surface area contributed by atoms with Gasteiger partial charge >= 0.3 is 12.1 Å². The molecule has 0 radical (unpaired) electrons. The fourth-order valence-corrected chi connectivity index (χ4v) is 6.66. The minimum absolute atomic E-state index is 0.0381. The fraction of sp³-hybridized carbons (Fsp3) is 0.514. The maximum Gasteiger partial charge on any atom is 0.408 e. The number of hydrazine groups is 1. The van der Waals surface area contributed by atoms with E-state index in [4.69, 9.17) is 14.6 Å². The number of hydrogen-bond acceptors (Lipinski definition) is 9. The molecule has 12 nitrogen and oxygen atoms in total. The topological polar surface area (TPSA) is 138 Å². The Morgan fingerprint density at radius 2 is 1.92 bits per heavy atom. The average Bonchev–Trinajstić information content (AvgIpc) is 3.38. The number of fused-ring (bicyclic) bond motifs is 6. The third kappa shape index (κ3) is 8.08. The van der Waals surface area contributed by atoms with Gasteiger partial charge in [-0.1, -0.05) is 32.1 Å². The first kappa shape index (κ1) is 34.4. The Morgan fingerprint density at radius 3 is 2.65 bits per heavy atom. The van der Waals surface area contributed by atoms with Crippen LogP contribution in [0.25, 0.3) is 27.6 Å². The molecule has 1 saturated heterocycles. The summed E-state index contributed by atoms with van der Waals surface area (Å²) in [5.41, 5.74) is 7.17. The van der Waals surface area contributed by atoms with Crippen LogP contribution in [0.5, 0.6) is 5.75 Å². The minimum atomic E-state index is -1.04. The molecule has 6 rings (SSSR count). The largest absolute Gasteiger partial charge is 0.508 e. The van der Waals surface area contributed by atoms with Crippen molar-refractivity contribution in [3.05, 3.63) is 53.7 Å². The molecule has 0 aliphatic carbocycles. The number of cyclic esters (lactones) is 1. The second-order valence-corrected chi connectivity index (χ2v) is 15.4. The summed E-state index contributed by atoms with van der Waals surface area (Å²) in [4.78, 5) is 42.6. The number of phenols is 1. The Labute approximate surface area is 287 Å². The number of esters is 1. The molecule has 3 aliphatic heterocycles. The molecule has 2 amide bonds. The van der Waals surface area contributed by atoms with E-state index in [1.165, 1.54) is 10.6 Å². The zero-order chi connectivity index (χ0) is 35.1. The highest BCUT2D eigenvalue weighted by molar-refractivity contribution is 5.94. The van der Waals surface area contributed by atoms with Gasteiger partial charge in [-0.25, -0.2) is 10.2 Å². The van der Waals surface area contributed by atoms with Crippen LogP contribution >= 0.6 is 0 Å². The number of aromatic nitrogens is 2. The van der Waals surface area contributed by atoms with Crippen molar-refractivity contribution in [1.82, 2.24) is 30.4 Å². The van der Waals surface area contributed by atoms with Crippen molar-refractivity contribution < 1.29 is 29.0 Å². The van der Waals surface area contributed by atoms with Crippen LogP contribution in [0.2, 0.25) is 0 Å². The molecule has 1 fully saturated rings. The first-order chi connectivity index (χ1) is 23.1. The van der Waals surface area contributed by atoms with E-state index >= 15 is 0 Å². The van der Waals surface area contributed by atoms with E-state index in [-0.39, 0.29) is 18.8 Å². The van der Waals surface area contributed by atoms with Gasteiger partial charge in [-0.2, -0.15) is 5.10 Å². The van der Waals surface area contributed by atoms with Gasteiger partial charge in [0.2, 0.25) is 0 Å². The number of nitrogens with zero attached hydrogens (tertiary/aromatic N) is 4. The number of benzene rings is 2. The van der Waals surface area contributed by atoms with Crippen LogP contribution in [-0.4, -0.2) is 93.7 Å². The summed E-state index contributed by atoms with van der Waals surface area (Å²) in [7, 11) is 2.11. The van der Waals surface area contributed by atoms with E-state index < -0.39 is 41.1 Å². The van der Waals surface area contributed by atoms with Crippen LogP contribution in [0, 0.1) is 5.41 Å².